The Morgan fingerprint density at radius 3 is 2.50 bits per heavy atom. The number of hydrogen-bond donors (Lipinski definition) is 1. The minimum absolute atomic E-state index is 0.0534. The Labute approximate surface area is 223 Å². The standard InChI is InChI=1S/C29H37N3O6/c1-6-37-27(35)20-11-12-22-23(16-20)30(5)13-14-31(26(22)34)18-25(33)24-15-19-9-7-8-10-21(19)17-32(24)28(36)38-29(2,3)4/h7-12,16,24-25,33H,6,13-15,17-18H2,1-5H3/t24-,25+/m0/s1. The van der Waals surface area contributed by atoms with Crippen molar-refractivity contribution in [1.82, 2.24) is 9.80 Å². The van der Waals surface area contributed by atoms with E-state index in [9.17, 15) is 19.5 Å². The molecule has 38 heavy (non-hydrogen) atoms. The van der Waals surface area contributed by atoms with E-state index in [2.05, 4.69) is 0 Å². The van der Waals surface area contributed by atoms with Crippen LogP contribution in [0.2, 0.25) is 0 Å². The molecule has 0 unspecified atom stereocenters. The molecule has 0 radical (unpaired) electrons. The first-order valence-electron chi connectivity index (χ1n) is 13.0. The summed E-state index contributed by atoms with van der Waals surface area (Å²) in [5.74, 6) is -0.675. The van der Waals surface area contributed by atoms with Crippen molar-refractivity contribution in [2.45, 2.75) is 58.4 Å². The molecule has 0 saturated heterocycles. The lowest BCUT2D eigenvalue weighted by molar-refractivity contribution is -0.0176. The lowest BCUT2D eigenvalue weighted by Gasteiger charge is -2.41. The minimum Gasteiger partial charge on any atom is -0.462 e. The summed E-state index contributed by atoms with van der Waals surface area (Å²) in [4.78, 5) is 44.1. The first kappa shape index (κ1) is 27.4. The van der Waals surface area contributed by atoms with Gasteiger partial charge in [0.1, 0.15) is 5.60 Å². The van der Waals surface area contributed by atoms with Gasteiger partial charge in [0.25, 0.3) is 5.91 Å². The van der Waals surface area contributed by atoms with Crippen LogP contribution in [0.15, 0.2) is 42.5 Å². The molecule has 4 rings (SSSR count). The van der Waals surface area contributed by atoms with Gasteiger partial charge in [-0.3, -0.25) is 9.69 Å². The number of esters is 1. The Bertz CT molecular complexity index is 1210. The molecule has 2 aliphatic heterocycles. The van der Waals surface area contributed by atoms with Crippen LogP contribution < -0.4 is 4.90 Å². The van der Waals surface area contributed by atoms with Crippen molar-refractivity contribution >= 4 is 23.7 Å². The van der Waals surface area contributed by atoms with Crippen LogP contribution in [-0.2, 0) is 22.4 Å². The lowest BCUT2D eigenvalue weighted by atomic mass is 9.91. The van der Waals surface area contributed by atoms with Crippen molar-refractivity contribution in [3.05, 3.63) is 64.7 Å². The Hall–Kier alpha value is -3.59. The molecule has 0 aromatic heterocycles. The van der Waals surface area contributed by atoms with Crippen LogP contribution in [0.4, 0.5) is 10.5 Å². The third kappa shape index (κ3) is 5.93. The number of β-amino-alcohol motifs (C(OH)–C–C–N with tert-alkyl or cyclic N) is 1. The number of hydrogen-bond acceptors (Lipinski definition) is 7. The summed E-state index contributed by atoms with van der Waals surface area (Å²) in [6.07, 6.45) is -1.03. The molecule has 0 fully saturated rings. The first-order chi connectivity index (χ1) is 18.0. The highest BCUT2D eigenvalue weighted by atomic mass is 16.6. The topological polar surface area (TPSA) is 99.6 Å². The van der Waals surface area contributed by atoms with Gasteiger partial charge >= 0.3 is 12.1 Å². The molecule has 1 N–H and O–H groups in total. The molecule has 2 heterocycles. The van der Waals surface area contributed by atoms with Crippen molar-refractivity contribution in [2.75, 3.05) is 38.2 Å². The molecule has 2 atom stereocenters. The van der Waals surface area contributed by atoms with E-state index in [1.165, 1.54) is 0 Å². The van der Waals surface area contributed by atoms with Crippen LogP contribution >= 0.6 is 0 Å². The van der Waals surface area contributed by atoms with Gasteiger partial charge in [-0.25, -0.2) is 9.59 Å². The number of likely N-dealkylation sites (N-methyl/N-ethyl adjacent to an activating group) is 1. The van der Waals surface area contributed by atoms with Gasteiger partial charge in [0.05, 0.1) is 35.6 Å². The van der Waals surface area contributed by atoms with Crippen LogP contribution in [0.5, 0.6) is 0 Å². The van der Waals surface area contributed by atoms with E-state index in [-0.39, 0.29) is 19.1 Å². The second-order valence-corrected chi connectivity index (χ2v) is 10.8. The van der Waals surface area contributed by atoms with Gasteiger partial charge in [-0.2, -0.15) is 0 Å². The third-order valence-corrected chi connectivity index (χ3v) is 6.91. The second-order valence-electron chi connectivity index (χ2n) is 10.8. The fourth-order valence-electron chi connectivity index (χ4n) is 4.97. The summed E-state index contributed by atoms with van der Waals surface area (Å²) < 4.78 is 10.8. The number of carbonyl (C=O) groups is 3. The molecule has 2 amide bonds. The van der Waals surface area contributed by atoms with Gasteiger partial charge in [-0.1, -0.05) is 24.3 Å². The highest BCUT2D eigenvalue weighted by Gasteiger charge is 2.38. The number of aliphatic hydroxyl groups is 1. The number of rotatable bonds is 5. The highest BCUT2D eigenvalue weighted by molar-refractivity contribution is 6.02. The summed E-state index contributed by atoms with van der Waals surface area (Å²) >= 11 is 0. The number of ether oxygens (including phenoxy) is 2. The number of benzene rings is 2. The molecular formula is C29H37N3O6. The molecule has 9 nitrogen and oxygen atoms in total. The van der Waals surface area contributed by atoms with Crippen LogP contribution in [-0.4, -0.2) is 83.9 Å². The predicted octanol–water partition coefficient (Wildman–Crippen LogP) is 3.48. The van der Waals surface area contributed by atoms with Crippen molar-refractivity contribution in [3.63, 3.8) is 0 Å². The van der Waals surface area contributed by atoms with Gasteiger partial charge < -0.3 is 24.4 Å². The zero-order valence-corrected chi connectivity index (χ0v) is 22.8. The number of carbonyl (C=O) groups excluding carboxylic acids is 3. The second kappa shape index (κ2) is 11.0. The maximum Gasteiger partial charge on any atom is 0.410 e. The zero-order valence-electron chi connectivity index (χ0n) is 22.8. The van der Waals surface area contributed by atoms with E-state index in [0.29, 0.717) is 42.9 Å². The van der Waals surface area contributed by atoms with E-state index in [1.54, 1.807) is 34.9 Å². The van der Waals surface area contributed by atoms with E-state index in [0.717, 1.165) is 11.1 Å². The predicted molar refractivity (Wildman–Crippen MR) is 143 cm³/mol. The smallest absolute Gasteiger partial charge is 0.410 e. The average Bonchev–Trinajstić information content (AvgIpc) is 2.98. The number of anilines is 1. The monoisotopic (exact) mass is 523 g/mol. The van der Waals surface area contributed by atoms with Gasteiger partial charge in [0, 0.05) is 33.2 Å². The van der Waals surface area contributed by atoms with E-state index < -0.39 is 29.8 Å². The maximum atomic E-state index is 13.6. The van der Waals surface area contributed by atoms with Crippen LogP contribution in [0.1, 0.15) is 59.5 Å². The third-order valence-electron chi connectivity index (χ3n) is 6.91. The minimum atomic E-state index is -0.995. The Balaban J connectivity index is 1.57. The molecule has 2 aromatic rings. The molecule has 0 bridgehead atoms. The number of nitrogens with zero attached hydrogens (tertiary/aromatic N) is 3. The van der Waals surface area contributed by atoms with Gasteiger partial charge in [-0.15, -0.1) is 0 Å². The number of amides is 2. The number of fused-ring (bicyclic) bond motifs is 2. The van der Waals surface area contributed by atoms with Crippen molar-refractivity contribution < 1.29 is 29.0 Å². The van der Waals surface area contributed by atoms with E-state index >= 15 is 0 Å². The van der Waals surface area contributed by atoms with Crippen molar-refractivity contribution in [1.29, 1.82) is 0 Å². The maximum absolute atomic E-state index is 13.6. The van der Waals surface area contributed by atoms with Gasteiger partial charge in [0.2, 0.25) is 0 Å². The van der Waals surface area contributed by atoms with E-state index in [4.69, 9.17) is 9.47 Å². The summed E-state index contributed by atoms with van der Waals surface area (Å²) in [5.41, 5.74) is 2.87. The molecule has 0 saturated carbocycles. The summed E-state index contributed by atoms with van der Waals surface area (Å²) in [7, 11) is 1.86. The molecule has 0 spiro atoms. The highest BCUT2D eigenvalue weighted by Crippen LogP contribution is 2.29. The molecule has 0 aliphatic carbocycles. The molecule has 2 aliphatic rings. The van der Waals surface area contributed by atoms with Gasteiger partial charge in [0.15, 0.2) is 0 Å². The zero-order chi connectivity index (χ0) is 27.6. The average molecular weight is 524 g/mol. The fraction of sp³-hybridized carbons (Fsp3) is 0.483. The molecule has 204 valence electrons. The van der Waals surface area contributed by atoms with Crippen LogP contribution in [0, 0.1) is 0 Å². The van der Waals surface area contributed by atoms with Gasteiger partial charge in [-0.05, 0) is 63.4 Å². The van der Waals surface area contributed by atoms with Crippen LogP contribution in [0.3, 0.4) is 0 Å². The Kier molecular flexibility index (Phi) is 7.97. The summed E-state index contributed by atoms with van der Waals surface area (Å²) in [6, 6.07) is 12.2. The van der Waals surface area contributed by atoms with Crippen molar-refractivity contribution in [2.24, 2.45) is 0 Å². The number of aliphatic hydroxyl groups excluding tert-OH is 1. The normalized spacial score (nSPS) is 18.3. The molecule has 9 heteroatoms. The molecule has 2 aromatic carbocycles. The first-order valence-corrected chi connectivity index (χ1v) is 13.0. The fourth-order valence-corrected chi connectivity index (χ4v) is 4.97. The lowest BCUT2D eigenvalue weighted by Crippen LogP contribution is -2.55. The molecular weight excluding hydrogens is 486 g/mol. The Morgan fingerprint density at radius 2 is 1.82 bits per heavy atom. The van der Waals surface area contributed by atoms with Crippen molar-refractivity contribution in [3.8, 4) is 0 Å². The largest absolute Gasteiger partial charge is 0.462 e. The quantitative estimate of drug-likeness (QED) is 0.599. The summed E-state index contributed by atoms with van der Waals surface area (Å²) in [5, 5.41) is 11.5. The van der Waals surface area contributed by atoms with E-state index in [1.807, 2.05) is 57.0 Å². The van der Waals surface area contributed by atoms with Crippen LogP contribution in [0.25, 0.3) is 0 Å². The SMILES string of the molecule is CCOC(=O)c1ccc2c(c1)N(C)CCN(C[C@@H](O)[C@@H]1Cc3ccccc3CN1C(=O)OC(C)(C)C)C2=O. The Morgan fingerprint density at radius 1 is 1.11 bits per heavy atom. The summed E-state index contributed by atoms with van der Waals surface area (Å²) in [6.45, 7) is 8.72.